The van der Waals surface area contributed by atoms with Crippen LogP contribution >= 0.6 is 0 Å². The van der Waals surface area contributed by atoms with Crippen LogP contribution in [0.1, 0.15) is 77.7 Å². The van der Waals surface area contributed by atoms with E-state index in [1.807, 2.05) is 24.4 Å². The third-order valence-electron chi connectivity index (χ3n) is 8.89. The second-order valence-electron chi connectivity index (χ2n) is 12.8. The molecule has 1 atom stereocenters. The maximum absolute atomic E-state index is 14.4. The van der Waals surface area contributed by atoms with Crippen molar-refractivity contribution in [1.29, 1.82) is 0 Å². The topological polar surface area (TPSA) is 120 Å². The molecule has 1 fully saturated rings. The van der Waals surface area contributed by atoms with Crippen LogP contribution in [-0.2, 0) is 16.0 Å². The first-order valence-corrected chi connectivity index (χ1v) is 15.9. The summed E-state index contributed by atoms with van der Waals surface area (Å²) < 4.78 is 6.02. The van der Waals surface area contributed by atoms with Crippen molar-refractivity contribution in [2.75, 3.05) is 6.61 Å². The van der Waals surface area contributed by atoms with Gasteiger partial charge < -0.3 is 14.7 Å². The van der Waals surface area contributed by atoms with E-state index in [1.54, 1.807) is 13.8 Å². The number of nitrogens with one attached hydrogen (secondary N) is 1. The van der Waals surface area contributed by atoms with E-state index in [9.17, 15) is 9.90 Å². The number of tetrazole rings is 1. The molecule has 1 unspecified atom stereocenters. The number of benzene rings is 2. The molecule has 1 aromatic heterocycles. The van der Waals surface area contributed by atoms with Crippen LogP contribution < -0.4 is 0 Å². The largest absolute Gasteiger partial charge is 0.388 e. The highest BCUT2D eigenvalue weighted by Gasteiger charge is 2.44. The summed E-state index contributed by atoms with van der Waals surface area (Å²) in [5.41, 5.74) is 5.21. The molecule has 2 aliphatic heterocycles. The van der Waals surface area contributed by atoms with Gasteiger partial charge in [-0.2, -0.15) is 5.10 Å². The van der Waals surface area contributed by atoms with Crippen LogP contribution in [0.25, 0.3) is 22.5 Å². The molecule has 0 spiro atoms. The lowest BCUT2D eigenvalue weighted by molar-refractivity contribution is -0.141. The SMILES string of the molecule is CCCCC1=C(Cc2ccc(-c3ccccc3-c3nnn[nH]3)cc2)C(=O)N(C2CCC(OCC(C)(C)O)CC2)C2CC=NN12. The normalized spacial score (nSPS) is 22.2. The fraction of sp³-hybridized carbons (Fsp3) is 0.500. The quantitative estimate of drug-likeness (QED) is 0.300. The van der Waals surface area contributed by atoms with Gasteiger partial charge in [0.1, 0.15) is 6.17 Å². The number of aromatic nitrogens is 4. The number of hydrogen-bond acceptors (Lipinski definition) is 8. The van der Waals surface area contributed by atoms with Gasteiger partial charge in [0.15, 0.2) is 5.82 Å². The molecule has 44 heavy (non-hydrogen) atoms. The highest BCUT2D eigenvalue weighted by molar-refractivity contribution is 5.96. The van der Waals surface area contributed by atoms with E-state index in [4.69, 9.17) is 9.84 Å². The summed E-state index contributed by atoms with van der Waals surface area (Å²) in [5, 5.41) is 31.5. The van der Waals surface area contributed by atoms with Crippen LogP contribution in [0.2, 0.25) is 0 Å². The number of aliphatic hydroxyl groups is 1. The molecule has 0 bridgehead atoms. The first-order chi connectivity index (χ1) is 21.3. The Balaban J connectivity index is 1.24. The number of allylic oxidation sites excluding steroid dienone is 1. The first-order valence-electron chi connectivity index (χ1n) is 15.9. The number of aromatic amines is 1. The monoisotopic (exact) mass is 597 g/mol. The number of ether oxygens (including phenoxy) is 1. The standard InChI is InChI=1S/C34H43N7O3/c1-4-5-10-30-29(21-23-11-13-24(14-12-23)27-8-6-7-9-28(27)32-36-38-39-37-32)33(42)40(31-19-20-35-41(30)31)25-15-17-26(18-16-25)44-22-34(2,3)43/h6-9,11-14,20,25-26,31,43H,4-5,10,15-19,21-22H2,1-3H3,(H,36,37,38,39). The smallest absolute Gasteiger partial charge is 0.253 e. The fourth-order valence-electron chi connectivity index (χ4n) is 6.67. The average Bonchev–Trinajstić information content (AvgIpc) is 3.74. The molecule has 2 N–H and O–H groups in total. The number of carbonyl (C=O) groups is 1. The first kappa shape index (κ1) is 30.1. The van der Waals surface area contributed by atoms with Crippen molar-refractivity contribution in [3.8, 4) is 22.5 Å². The van der Waals surface area contributed by atoms with E-state index in [2.05, 4.69) is 67.8 Å². The Bertz CT molecular complexity index is 1490. The van der Waals surface area contributed by atoms with E-state index in [0.717, 1.165) is 84.9 Å². The molecule has 10 heteroatoms. The van der Waals surface area contributed by atoms with Crippen LogP contribution in [0.5, 0.6) is 0 Å². The van der Waals surface area contributed by atoms with Crippen molar-refractivity contribution >= 4 is 12.1 Å². The Hall–Kier alpha value is -3.89. The van der Waals surface area contributed by atoms with Gasteiger partial charge >= 0.3 is 0 Å². The highest BCUT2D eigenvalue weighted by Crippen LogP contribution is 2.39. The Labute approximate surface area is 259 Å². The third-order valence-corrected chi connectivity index (χ3v) is 8.89. The lowest BCUT2D eigenvalue weighted by Gasteiger charge is -2.47. The number of carbonyl (C=O) groups excluding carboxylic acids is 1. The molecule has 0 radical (unpaired) electrons. The lowest BCUT2D eigenvalue weighted by Crippen LogP contribution is -2.57. The molecule has 0 saturated heterocycles. The summed E-state index contributed by atoms with van der Waals surface area (Å²) in [6.07, 6.45) is 9.79. The van der Waals surface area contributed by atoms with Crippen molar-refractivity contribution in [2.24, 2.45) is 5.10 Å². The Morgan fingerprint density at radius 2 is 1.80 bits per heavy atom. The molecule has 6 rings (SSSR count). The summed E-state index contributed by atoms with van der Waals surface area (Å²) in [6, 6.07) is 16.7. The zero-order valence-corrected chi connectivity index (χ0v) is 25.9. The number of H-pyrrole nitrogens is 1. The summed E-state index contributed by atoms with van der Waals surface area (Å²) in [4.78, 5) is 16.6. The molecule has 1 amide bonds. The van der Waals surface area contributed by atoms with E-state index < -0.39 is 5.60 Å². The molecule has 3 aliphatic rings. The van der Waals surface area contributed by atoms with E-state index >= 15 is 0 Å². The summed E-state index contributed by atoms with van der Waals surface area (Å²) in [7, 11) is 0. The van der Waals surface area contributed by atoms with Crippen molar-refractivity contribution in [3.05, 3.63) is 65.4 Å². The third kappa shape index (κ3) is 6.46. The van der Waals surface area contributed by atoms with Crippen molar-refractivity contribution < 1.29 is 14.6 Å². The Kier molecular flexibility index (Phi) is 8.91. The van der Waals surface area contributed by atoms with Crippen LogP contribution in [0.3, 0.4) is 0 Å². The van der Waals surface area contributed by atoms with Gasteiger partial charge in [-0.15, -0.1) is 5.10 Å². The van der Waals surface area contributed by atoms with Crippen LogP contribution in [0, 0.1) is 0 Å². The number of hydrogen-bond donors (Lipinski definition) is 2. The lowest BCUT2D eigenvalue weighted by atomic mass is 9.88. The maximum atomic E-state index is 14.4. The van der Waals surface area contributed by atoms with Crippen molar-refractivity contribution in [1.82, 2.24) is 30.5 Å². The minimum Gasteiger partial charge on any atom is -0.388 e. The van der Waals surface area contributed by atoms with Gasteiger partial charge in [0.2, 0.25) is 0 Å². The molecule has 3 heterocycles. The number of fused-ring (bicyclic) bond motifs is 1. The highest BCUT2D eigenvalue weighted by atomic mass is 16.5. The van der Waals surface area contributed by atoms with Crippen LogP contribution in [0.15, 0.2) is 64.9 Å². The molecule has 232 valence electrons. The molecular formula is C34H43N7O3. The number of rotatable bonds is 11. The summed E-state index contributed by atoms with van der Waals surface area (Å²) in [6.45, 7) is 6.05. The van der Waals surface area contributed by atoms with E-state index in [1.165, 1.54) is 0 Å². The minimum absolute atomic E-state index is 0.0543. The van der Waals surface area contributed by atoms with Gasteiger partial charge in [-0.05, 0) is 79.5 Å². The number of amides is 1. The Morgan fingerprint density at radius 1 is 1.05 bits per heavy atom. The number of nitrogens with zero attached hydrogens (tertiary/aromatic N) is 6. The Morgan fingerprint density at radius 3 is 2.48 bits per heavy atom. The van der Waals surface area contributed by atoms with Gasteiger partial charge in [-0.1, -0.05) is 61.9 Å². The summed E-state index contributed by atoms with van der Waals surface area (Å²) in [5.74, 6) is 0.776. The molecule has 1 saturated carbocycles. The molecule has 1 aliphatic carbocycles. The van der Waals surface area contributed by atoms with Gasteiger partial charge in [-0.3, -0.25) is 4.79 Å². The zero-order chi connectivity index (χ0) is 30.7. The number of hydrazone groups is 1. The molecule has 3 aromatic rings. The van der Waals surface area contributed by atoms with Crippen molar-refractivity contribution in [2.45, 2.75) is 102 Å². The predicted octanol–water partition coefficient (Wildman–Crippen LogP) is 5.48. The zero-order valence-electron chi connectivity index (χ0n) is 25.9. The predicted molar refractivity (Wildman–Crippen MR) is 169 cm³/mol. The molecule has 2 aromatic carbocycles. The average molecular weight is 598 g/mol. The van der Waals surface area contributed by atoms with Crippen molar-refractivity contribution in [3.63, 3.8) is 0 Å². The van der Waals surface area contributed by atoms with Gasteiger partial charge in [0, 0.05) is 41.9 Å². The summed E-state index contributed by atoms with van der Waals surface area (Å²) >= 11 is 0. The maximum Gasteiger partial charge on any atom is 0.253 e. The van der Waals surface area contributed by atoms with Gasteiger partial charge in [0.05, 0.1) is 18.3 Å². The van der Waals surface area contributed by atoms with E-state index in [0.29, 0.717) is 18.9 Å². The molecule has 10 nitrogen and oxygen atoms in total. The van der Waals surface area contributed by atoms with Gasteiger partial charge in [0.25, 0.3) is 5.91 Å². The fourth-order valence-corrected chi connectivity index (χ4v) is 6.67. The van der Waals surface area contributed by atoms with Crippen LogP contribution in [0.4, 0.5) is 0 Å². The molecular weight excluding hydrogens is 554 g/mol. The van der Waals surface area contributed by atoms with E-state index in [-0.39, 0.29) is 24.2 Å². The second kappa shape index (κ2) is 13.0. The number of unbranched alkanes of at least 4 members (excludes halogenated alkanes) is 1. The van der Waals surface area contributed by atoms with Gasteiger partial charge in [-0.25, -0.2) is 10.1 Å². The minimum atomic E-state index is -0.841. The second-order valence-corrected chi connectivity index (χ2v) is 12.8. The van der Waals surface area contributed by atoms with Crippen LogP contribution in [-0.4, -0.2) is 78.3 Å².